The molecule has 0 aromatic heterocycles. The highest BCUT2D eigenvalue weighted by molar-refractivity contribution is 6.10. The molecule has 0 aliphatic carbocycles. The summed E-state index contributed by atoms with van der Waals surface area (Å²) in [6, 6.07) is 23.1. The fourth-order valence-electron chi connectivity index (χ4n) is 3.50. The van der Waals surface area contributed by atoms with Crippen molar-refractivity contribution in [1.29, 1.82) is 0 Å². The number of rotatable bonds is 3. The molecule has 138 valence electrons. The standard InChI is InChI=1S/C24H18O4/c1-15(25)27-21-13-11-17-7-3-5-9-19(17)23(21)24-20-10-6-4-8-18(20)12-14-22(24)28-16(2)26/h3-14H,1-2H3. The Morgan fingerprint density at radius 3 is 1.36 bits per heavy atom. The molecular formula is C24H18O4. The second kappa shape index (κ2) is 7.16. The zero-order valence-electron chi connectivity index (χ0n) is 15.6. The molecule has 0 aliphatic heterocycles. The monoisotopic (exact) mass is 370 g/mol. The Kier molecular flexibility index (Phi) is 4.53. The van der Waals surface area contributed by atoms with Crippen LogP contribution in [-0.2, 0) is 9.59 Å². The Morgan fingerprint density at radius 2 is 0.964 bits per heavy atom. The number of carbonyl (C=O) groups excluding carboxylic acids is 2. The van der Waals surface area contributed by atoms with E-state index in [1.54, 1.807) is 12.1 Å². The van der Waals surface area contributed by atoms with Gasteiger partial charge in [-0.15, -0.1) is 0 Å². The van der Waals surface area contributed by atoms with E-state index in [1.807, 2.05) is 60.7 Å². The summed E-state index contributed by atoms with van der Waals surface area (Å²) < 4.78 is 11.1. The van der Waals surface area contributed by atoms with Crippen LogP contribution in [0, 0.1) is 0 Å². The molecule has 0 unspecified atom stereocenters. The molecule has 0 spiro atoms. The van der Waals surface area contributed by atoms with E-state index in [1.165, 1.54) is 13.8 Å². The van der Waals surface area contributed by atoms with Gasteiger partial charge < -0.3 is 9.47 Å². The normalized spacial score (nSPS) is 10.8. The smallest absolute Gasteiger partial charge is 0.308 e. The number of carbonyl (C=O) groups is 2. The molecule has 0 saturated carbocycles. The van der Waals surface area contributed by atoms with Crippen LogP contribution in [0.5, 0.6) is 11.5 Å². The van der Waals surface area contributed by atoms with Crippen molar-refractivity contribution in [1.82, 2.24) is 0 Å². The van der Waals surface area contributed by atoms with Gasteiger partial charge in [-0.1, -0.05) is 60.7 Å². The molecule has 0 N–H and O–H groups in total. The lowest BCUT2D eigenvalue weighted by molar-refractivity contribution is -0.132. The van der Waals surface area contributed by atoms with Crippen LogP contribution in [0.1, 0.15) is 13.8 Å². The topological polar surface area (TPSA) is 52.6 Å². The van der Waals surface area contributed by atoms with E-state index >= 15 is 0 Å². The third-order valence-electron chi connectivity index (χ3n) is 4.54. The number of esters is 2. The average Bonchev–Trinajstić information content (AvgIpc) is 2.67. The van der Waals surface area contributed by atoms with Gasteiger partial charge in [0, 0.05) is 25.0 Å². The van der Waals surface area contributed by atoms with E-state index in [-0.39, 0.29) is 0 Å². The Bertz CT molecular complexity index is 1130. The maximum atomic E-state index is 11.8. The van der Waals surface area contributed by atoms with Gasteiger partial charge in [-0.3, -0.25) is 9.59 Å². The van der Waals surface area contributed by atoms with Gasteiger partial charge in [0.15, 0.2) is 0 Å². The molecule has 4 heteroatoms. The number of hydrogen-bond donors (Lipinski definition) is 0. The molecule has 4 rings (SSSR count). The minimum absolute atomic E-state index is 0.411. The fourth-order valence-corrected chi connectivity index (χ4v) is 3.50. The van der Waals surface area contributed by atoms with Gasteiger partial charge >= 0.3 is 11.9 Å². The summed E-state index contributed by atoms with van der Waals surface area (Å²) in [6.45, 7) is 2.74. The molecule has 0 saturated heterocycles. The first-order valence-corrected chi connectivity index (χ1v) is 8.95. The van der Waals surface area contributed by atoms with Gasteiger partial charge in [0.25, 0.3) is 0 Å². The summed E-state index contributed by atoms with van der Waals surface area (Å²) >= 11 is 0. The van der Waals surface area contributed by atoms with Crippen molar-refractivity contribution in [3.63, 3.8) is 0 Å². The third kappa shape index (κ3) is 3.21. The number of ether oxygens (including phenoxy) is 2. The van der Waals surface area contributed by atoms with Gasteiger partial charge in [0.05, 0.1) is 0 Å². The fraction of sp³-hybridized carbons (Fsp3) is 0.0833. The number of hydrogen-bond acceptors (Lipinski definition) is 4. The van der Waals surface area contributed by atoms with E-state index in [2.05, 4.69) is 0 Å². The predicted molar refractivity (Wildman–Crippen MR) is 110 cm³/mol. The highest BCUT2D eigenvalue weighted by atomic mass is 16.5. The van der Waals surface area contributed by atoms with E-state index in [4.69, 9.17) is 9.47 Å². The first-order chi connectivity index (χ1) is 13.5. The van der Waals surface area contributed by atoms with Crippen molar-refractivity contribution < 1.29 is 19.1 Å². The molecule has 0 radical (unpaired) electrons. The summed E-state index contributed by atoms with van der Waals surface area (Å²) in [6.07, 6.45) is 0. The molecule has 4 nitrogen and oxygen atoms in total. The van der Waals surface area contributed by atoms with Crippen LogP contribution in [0.2, 0.25) is 0 Å². The Hall–Kier alpha value is -3.66. The lowest BCUT2D eigenvalue weighted by atomic mass is 9.92. The maximum Gasteiger partial charge on any atom is 0.308 e. The second-order valence-electron chi connectivity index (χ2n) is 6.51. The summed E-state index contributed by atoms with van der Waals surface area (Å²) in [5.41, 5.74) is 1.45. The van der Waals surface area contributed by atoms with Crippen molar-refractivity contribution in [3.8, 4) is 22.6 Å². The van der Waals surface area contributed by atoms with E-state index in [0.717, 1.165) is 32.7 Å². The Morgan fingerprint density at radius 1 is 0.571 bits per heavy atom. The van der Waals surface area contributed by atoms with E-state index in [0.29, 0.717) is 11.5 Å². The summed E-state index contributed by atoms with van der Waals surface area (Å²) in [7, 11) is 0. The summed E-state index contributed by atoms with van der Waals surface area (Å²) in [5.74, 6) is 0.0310. The summed E-state index contributed by atoms with van der Waals surface area (Å²) in [5, 5.41) is 3.81. The number of fused-ring (bicyclic) bond motifs is 2. The van der Waals surface area contributed by atoms with Crippen molar-refractivity contribution in [2.24, 2.45) is 0 Å². The Labute approximate surface area is 162 Å². The highest BCUT2D eigenvalue weighted by Crippen LogP contribution is 2.45. The molecule has 0 amide bonds. The van der Waals surface area contributed by atoms with Gasteiger partial charge in [-0.2, -0.15) is 0 Å². The quantitative estimate of drug-likeness (QED) is 0.352. The Balaban J connectivity index is 2.16. The molecule has 0 atom stereocenters. The lowest BCUT2D eigenvalue weighted by Gasteiger charge is -2.18. The van der Waals surface area contributed by atoms with Crippen LogP contribution in [0.25, 0.3) is 32.7 Å². The lowest BCUT2D eigenvalue weighted by Crippen LogP contribution is -2.06. The third-order valence-corrected chi connectivity index (χ3v) is 4.54. The van der Waals surface area contributed by atoms with Crippen LogP contribution >= 0.6 is 0 Å². The van der Waals surface area contributed by atoms with Crippen LogP contribution in [0.3, 0.4) is 0 Å². The van der Waals surface area contributed by atoms with Gasteiger partial charge in [0.2, 0.25) is 0 Å². The minimum Gasteiger partial charge on any atom is -0.426 e. The van der Waals surface area contributed by atoms with Gasteiger partial charge in [-0.25, -0.2) is 0 Å². The van der Waals surface area contributed by atoms with Crippen molar-refractivity contribution in [2.45, 2.75) is 13.8 Å². The molecule has 0 aliphatic rings. The summed E-state index contributed by atoms with van der Waals surface area (Å²) in [4.78, 5) is 23.5. The first kappa shape index (κ1) is 17.7. The SMILES string of the molecule is CC(=O)Oc1ccc2ccccc2c1-c1c(OC(C)=O)ccc2ccccc12. The predicted octanol–water partition coefficient (Wildman–Crippen LogP) is 5.51. The van der Waals surface area contributed by atoms with Crippen LogP contribution in [0.15, 0.2) is 72.8 Å². The maximum absolute atomic E-state index is 11.8. The van der Waals surface area contributed by atoms with Crippen molar-refractivity contribution >= 4 is 33.5 Å². The molecule has 28 heavy (non-hydrogen) atoms. The molecular weight excluding hydrogens is 352 g/mol. The van der Waals surface area contributed by atoms with Gasteiger partial charge in [-0.05, 0) is 33.7 Å². The number of benzene rings is 4. The van der Waals surface area contributed by atoms with Crippen LogP contribution < -0.4 is 9.47 Å². The molecule has 0 heterocycles. The largest absolute Gasteiger partial charge is 0.426 e. The van der Waals surface area contributed by atoms with Crippen LogP contribution in [0.4, 0.5) is 0 Å². The molecule has 4 aromatic carbocycles. The zero-order valence-corrected chi connectivity index (χ0v) is 15.6. The van der Waals surface area contributed by atoms with E-state index in [9.17, 15) is 9.59 Å². The highest BCUT2D eigenvalue weighted by Gasteiger charge is 2.20. The first-order valence-electron chi connectivity index (χ1n) is 8.95. The minimum atomic E-state index is -0.411. The molecule has 4 aromatic rings. The van der Waals surface area contributed by atoms with Crippen LogP contribution in [-0.4, -0.2) is 11.9 Å². The second-order valence-corrected chi connectivity index (χ2v) is 6.51. The zero-order chi connectivity index (χ0) is 19.7. The van der Waals surface area contributed by atoms with Crippen molar-refractivity contribution in [3.05, 3.63) is 72.8 Å². The van der Waals surface area contributed by atoms with Crippen molar-refractivity contribution in [2.75, 3.05) is 0 Å². The molecule has 0 fully saturated rings. The average molecular weight is 370 g/mol. The van der Waals surface area contributed by atoms with Gasteiger partial charge in [0.1, 0.15) is 11.5 Å². The molecule has 0 bridgehead atoms. The van der Waals surface area contributed by atoms with E-state index < -0.39 is 11.9 Å².